The first kappa shape index (κ1) is 25.3. The fourth-order valence-electron chi connectivity index (χ4n) is 5.80. The van der Waals surface area contributed by atoms with Crippen LogP contribution in [0.5, 0.6) is 0 Å². The number of hydrogen-bond acceptors (Lipinski definition) is 7. The maximum absolute atomic E-state index is 13.4. The molecule has 2 aliphatic rings. The Balaban J connectivity index is 1.34. The van der Waals surface area contributed by atoms with Gasteiger partial charge in [0.1, 0.15) is 11.5 Å². The van der Waals surface area contributed by atoms with Gasteiger partial charge in [-0.15, -0.1) is 0 Å². The molecule has 1 aromatic carbocycles. The van der Waals surface area contributed by atoms with E-state index in [1.165, 1.54) is 4.52 Å². The van der Waals surface area contributed by atoms with Crippen molar-refractivity contribution in [1.82, 2.24) is 19.6 Å². The lowest BCUT2D eigenvalue weighted by atomic mass is 9.73. The number of fused-ring (bicyclic) bond motifs is 1. The van der Waals surface area contributed by atoms with Gasteiger partial charge in [-0.05, 0) is 62.6 Å². The van der Waals surface area contributed by atoms with E-state index in [2.05, 4.69) is 21.1 Å². The van der Waals surface area contributed by atoms with Crippen molar-refractivity contribution in [2.75, 3.05) is 0 Å². The summed E-state index contributed by atoms with van der Waals surface area (Å²) in [5.74, 6) is -0.841. The lowest BCUT2D eigenvalue weighted by Gasteiger charge is -2.43. The molecule has 1 saturated carbocycles. The highest BCUT2D eigenvalue weighted by molar-refractivity contribution is 6.31. The van der Waals surface area contributed by atoms with Crippen LogP contribution in [-0.4, -0.2) is 36.9 Å². The van der Waals surface area contributed by atoms with Crippen LogP contribution in [0.15, 0.2) is 36.8 Å². The van der Waals surface area contributed by atoms with Gasteiger partial charge in [-0.2, -0.15) is 10.4 Å². The van der Waals surface area contributed by atoms with Crippen LogP contribution in [0.2, 0.25) is 5.02 Å². The number of carbonyl (C=O) groups excluding carboxylic acids is 2. The van der Waals surface area contributed by atoms with Crippen LogP contribution in [0.25, 0.3) is 5.78 Å². The number of ketones is 1. The van der Waals surface area contributed by atoms with E-state index in [1.54, 1.807) is 18.6 Å². The second-order valence-electron chi connectivity index (χ2n) is 10.8. The number of benzene rings is 1. The first-order valence-corrected chi connectivity index (χ1v) is 13.2. The van der Waals surface area contributed by atoms with Crippen LogP contribution in [0, 0.1) is 23.2 Å². The Morgan fingerprint density at radius 3 is 2.70 bits per heavy atom. The quantitative estimate of drug-likeness (QED) is 0.325. The van der Waals surface area contributed by atoms with Crippen molar-refractivity contribution < 1.29 is 14.3 Å². The molecule has 2 atom stereocenters. The van der Waals surface area contributed by atoms with Gasteiger partial charge in [0.25, 0.3) is 5.78 Å². The molecule has 192 valence electrons. The van der Waals surface area contributed by atoms with Crippen molar-refractivity contribution in [3.63, 3.8) is 0 Å². The number of carbonyl (C=O) groups is 2. The van der Waals surface area contributed by atoms with Gasteiger partial charge in [0.2, 0.25) is 0 Å². The largest absolute Gasteiger partial charge is 0.458 e. The maximum Gasteiger partial charge on any atom is 0.317 e. The van der Waals surface area contributed by atoms with E-state index >= 15 is 0 Å². The molecule has 0 amide bonds. The molecule has 37 heavy (non-hydrogen) atoms. The minimum absolute atomic E-state index is 0.0923. The SMILES string of the molecule is CC(C)(C#N)c1ccc(CCC2(C3CCCC3)CC(=O)C(Cc3cn4nccnc4n3)C(=O)O2)cc1Cl. The third-order valence-electron chi connectivity index (χ3n) is 7.95. The molecule has 0 radical (unpaired) electrons. The predicted octanol–water partition coefficient (Wildman–Crippen LogP) is 4.82. The Hall–Kier alpha value is -3.31. The van der Waals surface area contributed by atoms with Gasteiger partial charge in [-0.3, -0.25) is 9.59 Å². The number of nitriles is 1. The number of cyclic esters (lactones) is 1. The molecule has 2 fully saturated rings. The molecule has 0 N–H and O–H groups in total. The van der Waals surface area contributed by atoms with Gasteiger partial charge in [-0.25, -0.2) is 14.5 Å². The summed E-state index contributed by atoms with van der Waals surface area (Å²) in [6, 6.07) is 8.05. The number of hydrogen-bond donors (Lipinski definition) is 0. The van der Waals surface area contributed by atoms with E-state index in [9.17, 15) is 14.9 Å². The molecule has 8 nitrogen and oxygen atoms in total. The minimum Gasteiger partial charge on any atom is -0.458 e. The fraction of sp³-hybridized carbons (Fsp3) is 0.500. The number of halogens is 1. The zero-order chi connectivity index (χ0) is 26.2. The molecule has 1 aliphatic carbocycles. The number of Topliss-reactive ketones (excluding diaryl/α,β-unsaturated/α-hetero) is 1. The summed E-state index contributed by atoms with van der Waals surface area (Å²) in [6.45, 7) is 3.68. The standard InChI is InChI=1S/C28H30ClN5O3/c1-27(2,17-30)22-8-7-18(13-23(22)29)9-10-28(19-5-3-4-6-19)15-24(35)21(25(36)37-28)14-20-16-34-26(33-20)31-11-12-32-34/h7-8,11-13,16,19,21H,3-6,9-10,14-15H2,1-2H3. The Morgan fingerprint density at radius 2 is 2.03 bits per heavy atom. The zero-order valence-corrected chi connectivity index (χ0v) is 21.9. The number of rotatable bonds is 7. The average molecular weight is 520 g/mol. The summed E-state index contributed by atoms with van der Waals surface area (Å²) in [5.41, 5.74) is 0.874. The van der Waals surface area contributed by atoms with Crippen molar-refractivity contribution in [3.05, 3.63) is 58.6 Å². The third-order valence-corrected chi connectivity index (χ3v) is 8.27. The maximum atomic E-state index is 13.4. The zero-order valence-electron chi connectivity index (χ0n) is 21.1. The minimum atomic E-state index is -0.874. The molecule has 9 heteroatoms. The molecule has 3 aromatic rings. The van der Waals surface area contributed by atoms with Crippen LogP contribution in [-0.2, 0) is 32.6 Å². The molecular weight excluding hydrogens is 490 g/mol. The van der Waals surface area contributed by atoms with E-state index < -0.39 is 22.9 Å². The number of ether oxygens (including phenoxy) is 1. The normalized spacial score (nSPS) is 22.8. The molecule has 1 saturated heterocycles. The summed E-state index contributed by atoms with van der Waals surface area (Å²) in [4.78, 5) is 35.3. The van der Waals surface area contributed by atoms with Crippen molar-refractivity contribution in [3.8, 4) is 6.07 Å². The summed E-state index contributed by atoms with van der Waals surface area (Å²) < 4.78 is 7.77. The number of aromatic nitrogens is 4. The van der Waals surface area contributed by atoms with Crippen LogP contribution in [0.3, 0.4) is 0 Å². The Labute approximate surface area is 221 Å². The average Bonchev–Trinajstić information content (AvgIpc) is 3.55. The summed E-state index contributed by atoms with van der Waals surface area (Å²) in [6.07, 6.45) is 10.4. The lowest BCUT2D eigenvalue weighted by Crippen LogP contribution is -2.52. The van der Waals surface area contributed by atoms with Crippen LogP contribution in [0.1, 0.15) is 69.2 Å². The van der Waals surface area contributed by atoms with E-state index in [0.29, 0.717) is 29.3 Å². The molecule has 0 spiro atoms. The van der Waals surface area contributed by atoms with Gasteiger partial charge in [-0.1, -0.05) is 36.6 Å². The number of aryl methyl sites for hydroxylation is 1. The third kappa shape index (κ3) is 4.97. The van der Waals surface area contributed by atoms with E-state index in [4.69, 9.17) is 16.3 Å². The Morgan fingerprint density at radius 1 is 1.24 bits per heavy atom. The van der Waals surface area contributed by atoms with Crippen LogP contribution >= 0.6 is 11.6 Å². The highest BCUT2D eigenvalue weighted by Crippen LogP contribution is 2.45. The molecule has 5 rings (SSSR count). The van der Waals surface area contributed by atoms with Gasteiger partial charge < -0.3 is 4.74 Å². The van der Waals surface area contributed by atoms with Gasteiger partial charge in [0.05, 0.1) is 35.8 Å². The monoisotopic (exact) mass is 519 g/mol. The molecule has 3 heterocycles. The lowest BCUT2D eigenvalue weighted by molar-refractivity contribution is -0.185. The first-order valence-electron chi connectivity index (χ1n) is 12.8. The summed E-state index contributed by atoms with van der Waals surface area (Å²) in [7, 11) is 0. The van der Waals surface area contributed by atoms with Crippen molar-refractivity contribution in [2.45, 2.75) is 76.2 Å². The number of nitrogens with zero attached hydrogens (tertiary/aromatic N) is 5. The van der Waals surface area contributed by atoms with Gasteiger partial charge in [0.15, 0.2) is 5.78 Å². The van der Waals surface area contributed by atoms with Gasteiger partial charge in [0, 0.05) is 17.9 Å². The number of imidazole rings is 1. The van der Waals surface area contributed by atoms with Crippen LogP contribution in [0.4, 0.5) is 0 Å². The Kier molecular flexibility index (Phi) is 6.76. The smallest absolute Gasteiger partial charge is 0.317 e. The van der Waals surface area contributed by atoms with Crippen molar-refractivity contribution in [1.29, 1.82) is 5.26 Å². The molecule has 1 aliphatic heterocycles. The van der Waals surface area contributed by atoms with E-state index in [0.717, 1.165) is 36.8 Å². The number of esters is 1. The predicted molar refractivity (Wildman–Crippen MR) is 137 cm³/mol. The molecular formula is C28H30ClN5O3. The summed E-state index contributed by atoms with van der Waals surface area (Å²) >= 11 is 6.54. The van der Waals surface area contributed by atoms with Crippen LogP contribution < -0.4 is 0 Å². The topological polar surface area (TPSA) is 110 Å². The molecule has 2 aromatic heterocycles. The molecule has 0 bridgehead atoms. The highest BCUT2D eigenvalue weighted by atomic mass is 35.5. The van der Waals surface area contributed by atoms with E-state index in [-0.39, 0.29) is 24.5 Å². The second-order valence-corrected chi connectivity index (χ2v) is 11.2. The first-order chi connectivity index (χ1) is 17.7. The van der Waals surface area contributed by atoms with Crippen molar-refractivity contribution in [2.24, 2.45) is 11.8 Å². The Bertz CT molecular complexity index is 1330. The van der Waals surface area contributed by atoms with Gasteiger partial charge >= 0.3 is 5.97 Å². The second kappa shape index (κ2) is 9.86. The highest BCUT2D eigenvalue weighted by Gasteiger charge is 2.51. The summed E-state index contributed by atoms with van der Waals surface area (Å²) in [5, 5.41) is 14.2. The van der Waals surface area contributed by atoms with E-state index in [1.807, 2.05) is 32.0 Å². The molecule has 2 unspecified atom stereocenters. The fourth-order valence-corrected chi connectivity index (χ4v) is 6.24. The van der Waals surface area contributed by atoms with Crippen molar-refractivity contribution >= 4 is 29.1 Å².